The van der Waals surface area contributed by atoms with Gasteiger partial charge in [0.1, 0.15) is 5.82 Å². The minimum atomic E-state index is -5.23. The molecule has 0 unspecified atom stereocenters. The summed E-state index contributed by atoms with van der Waals surface area (Å²) >= 11 is 0. The molecule has 7 heteroatoms. The number of aliphatic hydroxyl groups is 1. The second-order valence-electron chi connectivity index (χ2n) is 6.38. The molecule has 2 N–H and O–H groups in total. The molecule has 1 aliphatic rings. The number of carbonyl (C=O) groups excluding carboxylic acids is 1. The van der Waals surface area contributed by atoms with E-state index in [1.165, 1.54) is 24.3 Å². The summed E-state index contributed by atoms with van der Waals surface area (Å²) in [5.74, 6) is -1.93. The SMILES string of the molecule is O=C(NCc1cc(C2CC2)ccc1F)[C@](O)(c1ccccc1)C(F)(F)F. The molecule has 1 amide bonds. The molecule has 0 spiro atoms. The van der Waals surface area contributed by atoms with Crippen molar-refractivity contribution < 1.29 is 27.5 Å². The predicted octanol–water partition coefficient (Wildman–Crippen LogP) is 3.77. The Labute approximate surface area is 147 Å². The molecule has 2 aromatic rings. The summed E-state index contributed by atoms with van der Waals surface area (Å²) in [7, 11) is 0. The fourth-order valence-electron chi connectivity index (χ4n) is 2.81. The zero-order chi connectivity index (χ0) is 18.9. The Kier molecular flexibility index (Phi) is 4.75. The van der Waals surface area contributed by atoms with Gasteiger partial charge in [0.2, 0.25) is 0 Å². The molecule has 3 rings (SSSR count). The molecule has 1 aliphatic carbocycles. The van der Waals surface area contributed by atoms with E-state index in [1.54, 1.807) is 12.1 Å². The fourth-order valence-corrected chi connectivity index (χ4v) is 2.81. The maximum absolute atomic E-state index is 13.9. The minimum Gasteiger partial charge on any atom is -0.369 e. The summed E-state index contributed by atoms with van der Waals surface area (Å²) in [6.07, 6.45) is -3.26. The van der Waals surface area contributed by atoms with Crippen molar-refractivity contribution in [2.24, 2.45) is 0 Å². The minimum absolute atomic E-state index is 0.0836. The van der Waals surface area contributed by atoms with E-state index < -0.39 is 35.6 Å². The first-order valence-corrected chi connectivity index (χ1v) is 8.14. The highest BCUT2D eigenvalue weighted by Gasteiger charge is 2.60. The van der Waals surface area contributed by atoms with E-state index in [-0.39, 0.29) is 5.56 Å². The number of benzene rings is 2. The van der Waals surface area contributed by atoms with Crippen molar-refractivity contribution in [3.8, 4) is 0 Å². The second kappa shape index (κ2) is 6.72. The smallest absolute Gasteiger partial charge is 0.369 e. The molecule has 0 aliphatic heterocycles. The molecular formula is C19H17F4NO2. The van der Waals surface area contributed by atoms with Crippen LogP contribution in [0.25, 0.3) is 0 Å². The first-order chi connectivity index (χ1) is 12.2. The summed E-state index contributed by atoms with van der Waals surface area (Å²) in [6.45, 7) is -0.448. The van der Waals surface area contributed by atoms with Crippen LogP contribution in [0, 0.1) is 5.82 Å². The van der Waals surface area contributed by atoms with Crippen LogP contribution in [0.3, 0.4) is 0 Å². The largest absolute Gasteiger partial charge is 0.430 e. The van der Waals surface area contributed by atoms with Crippen LogP contribution in [0.1, 0.15) is 35.4 Å². The number of carbonyl (C=O) groups is 1. The number of hydrogen-bond acceptors (Lipinski definition) is 2. The molecule has 3 nitrogen and oxygen atoms in total. The molecule has 0 radical (unpaired) electrons. The van der Waals surface area contributed by atoms with Gasteiger partial charge in [-0.1, -0.05) is 42.5 Å². The second-order valence-corrected chi connectivity index (χ2v) is 6.38. The zero-order valence-electron chi connectivity index (χ0n) is 13.7. The number of alkyl halides is 3. The number of hydrogen-bond donors (Lipinski definition) is 2. The summed E-state index contributed by atoms with van der Waals surface area (Å²) < 4.78 is 54.2. The predicted molar refractivity (Wildman–Crippen MR) is 86.6 cm³/mol. The van der Waals surface area contributed by atoms with Crippen LogP contribution < -0.4 is 5.32 Å². The number of halogens is 4. The van der Waals surface area contributed by atoms with E-state index >= 15 is 0 Å². The van der Waals surface area contributed by atoms with Gasteiger partial charge in [-0.25, -0.2) is 4.39 Å². The lowest BCUT2D eigenvalue weighted by Crippen LogP contribution is -2.54. The van der Waals surface area contributed by atoms with Crippen LogP contribution in [-0.2, 0) is 16.9 Å². The molecule has 138 valence electrons. The maximum Gasteiger partial charge on any atom is 0.430 e. The number of rotatable bonds is 5. The average Bonchev–Trinajstić information content (AvgIpc) is 3.45. The molecule has 0 heterocycles. The van der Waals surface area contributed by atoms with Gasteiger partial charge in [-0.15, -0.1) is 0 Å². The van der Waals surface area contributed by atoms with Crippen molar-refractivity contribution in [2.45, 2.75) is 37.1 Å². The molecule has 0 bridgehead atoms. The third-order valence-electron chi connectivity index (χ3n) is 4.49. The Hall–Kier alpha value is -2.41. The molecule has 1 fully saturated rings. The maximum atomic E-state index is 13.9. The highest BCUT2D eigenvalue weighted by atomic mass is 19.4. The highest BCUT2D eigenvalue weighted by molar-refractivity contribution is 5.87. The average molecular weight is 367 g/mol. The van der Waals surface area contributed by atoms with E-state index in [0.717, 1.165) is 30.5 Å². The van der Waals surface area contributed by atoms with Crippen LogP contribution in [-0.4, -0.2) is 17.2 Å². The summed E-state index contributed by atoms with van der Waals surface area (Å²) in [5.41, 5.74) is -3.33. The van der Waals surface area contributed by atoms with Gasteiger partial charge in [0.15, 0.2) is 0 Å². The third kappa shape index (κ3) is 3.44. The lowest BCUT2D eigenvalue weighted by atomic mass is 9.92. The summed E-state index contributed by atoms with van der Waals surface area (Å²) in [5, 5.41) is 12.2. The van der Waals surface area contributed by atoms with Crippen LogP contribution in [0.5, 0.6) is 0 Å². The Balaban J connectivity index is 1.82. The lowest BCUT2D eigenvalue weighted by Gasteiger charge is -2.29. The Bertz CT molecular complexity index is 803. The van der Waals surface area contributed by atoms with Gasteiger partial charge < -0.3 is 10.4 Å². The van der Waals surface area contributed by atoms with Crippen LogP contribution in [0.2, 0.25) is 0 Å². The molecule has 26 heavy (non-hydrogen) atoms. The summed E-state index contributed by atoms with van der Waals surface area (Å²) in [4.78, 5) is 12.2. The molecular weight excluding hydrogens is 350 g/mol. The van der Waals surface area contributed by atoms with Crippen molar-refractivity contribution in [3.05, 3.63) is 71.0 Å². The van der Waals surface area contributed by atoms with Gasteiger partial charge in [-0.3, -0.25) is 4.79 Å². The van der Waals surface area contributed by atoms with Gasteiger partial charge in [0.25, 0.3) is 11.5 Å². The first-order valence-electron chi connectivity index (χ1n) is 8.14. The standard InChI is InChI=1S/C19H17F4NO2/c20-16-9-8-13(12-6-7-12)10-14(16)11-24-17(25)18(26,19(21,22)23)15-4-2-1-3-5-15/h1-5,8-10,12,26H,6-7,11H2,(H,24,25)/t18-/m1/s1. The Morgan fingerprint density at radius 2 is 1.77 bits per heavy atom. The molecule has 0 saturated heterocycles. The molecule has 0 aromatic heterocycles. The zero-order valence-corrected chi connectivity index (χ0v) is 13.7. The van der Waals surface area contributed by atoms with Crippen molar-refractivity contribution in [1.29, 1.82) is 0 Å². The third-order valence-corrected chi connectivity index (χ3v) is 4.49. The Morgan fingerprint density at radius 1 is 1.12 bits per heavy atom. The molecule has 1 atom stereocenters. The van der Waals surface area contributed by atoms with Gasteiger partial charge >= 0.3 is 6.18 Å². The monoisotopic (exact) mass is 367 g/mol. The normalized spacial score (nSPS) is 16.8. The van der Waals surface area contributed by atoms with E-state index in [2.05, 4.69) is 0 Å². The van der Waals surface area contributed by atoms with E-state index in [1.807, 2.05) is 5.32 Å². The first kappa shape index (κ1) is 18.4. The van der Waals surface area contributed by atoms with Gasteiger partial charge in [0.05, 0.1) is 0 Å². The van der Waals surface area contributed by atoms with Gasteiger partial charge in [-0.05, 0) is 30.4 Å². The molecule has 1 saturated carbocycles. The van der Waals surface area contributed by atoms with E-state index in [9.17, 15) is 27.5 Å². The van der Waals surface area contributed by atoms with E-state index in [4.69, 9.17) is 0 Å². The molecule has 2 aromatic carbocycles. The van der Waals surface area contributed by atoms with Crippen molar-refractivity contribution >= 4 is 5.91 Å². The van der Waals surface area contributed by atoms with Crippen LogP contribution >= 0.6 is 0 Å². The lowest BCUT2D eigenvalue weighted by molar-refractivity contribution is -0.257. The van der Waals surface area contributed by atoms with Crippen molar-refractivity contribution in [1.82, 2.24) is 5.32 Å². The van der Waals surface area contributed by atoms with Crippen molar-refractivity contribution in [2.75, 3.05) is 0 Å². The quantitative estimate of drug-likeness (QED) is 0.791. The summed E-state index contributed by atoms with van der Waals surface area (Å²) in [6, 6.07) is 10.5. The topological polar surface area (TPSA) is 49.3 Å². The van der Waals surface area contributed by atoms with Crippen LogP contribution in [0.4, 0.5) is 17.6 Å². The highest BCUT2D eigenvalue weighted by Crippen LogP contribution is 2.41. The van der Waals surface area contributed by atoms with E-state index in [0.29, 0.717) is 5.92 Å². The van der Waals surface area contributed by atoms with Crippen molar-refractivity contribution in [3.63, 3.8) is 0 Å². The van der Waals surface area contributed by atoms with Gasteiger partial charge in [-0.2, -0.15) is 13.2 Å². The van der Waals surface area contributed by atoms with Crippen LogP contribution in [0.15, 0.2) is 48.5 Å². The number of amides is 1. The van der Waals surface area contributed by atoms with Gasteiger partial charge in [0, 0.05) is 17.7 Å². The number of nitrogens with one attached hydrogen (secondary N) is 1. The Morgan fingerprint density at radius 3 is 2.35 bits per heavy atom. The fraction of sp³-hybridized carbons (Fsp3) is 0.316.